The minimum absolute atomic E-state index is 0. The molecule has 0 atom stereocenters. The van der Waals surface area contributed by atoms with E-state index in [9.17, 15) is 4.79 Å². The van der Waals surface area contributed by atoms with Gasteiger partial charge in [-0.15, -0.1) is 4.68 Å². The van der Waals surface area contributed by atoms with Gasteiger partial charge >= 0.3 is 0 Å². The number of nitrogens with zero attached hydrogens (tertiary/aromatic N) is 3. The SMILES string of the molecule is Cc1ccc(NCc2nn(CC(=O)c3ccccc3)c3[n+]2CCCCC3)cc1.[Br-]. The third kappa shape index (κ3) is 5.12. The summed E-state index contributed by atoms with van der Waals surface area (Å²) in [6, 6.07) is 17.9. The minimum Gasteiger partial charge on any atom is -1.00 e. The zero-order chi connectivity index (χ0) is 19.3. The number of hydrogen-bond acceptors (Lipinski definition) is 3. The van der Waals surface area contributed by atoms with Gasteiger partial charge in [0, 0.05) is 22.8 Å². The van der Waals surface area contributed by atoms with Crippen LogP contribution in [0.1, 0.15) is 46.8 Å². The van der Waals surface area contributed by atoms with Crippen molar-refractivity contribution >= 4 is 11.5 Å². The minimum atomic E-state index is 0. The molecule has 1 N–H and O–H groups in total. The van der Waals surface area contributed by atoms with Crippen LogP contribution in [-0.2, 0) is 26.1 Å². The Balaban J connectivity index is 0.00000240. The first-order valence-electron chi connectivity index (χ1n) is 10.1. The van der Waals surface area contributed by atoms with E-state index >= 15 is 0 Å². The number of benzene rings is 2. The van der Waals surface area contributed by atoms with Gasteiger partial charge in [-0.2, -0.15) is 0 Å². The van der Waals surface area contributed by atoms with Gasteiger partial charge in [-0.1, -0.05) is 48.0 Å². The first-order valence-corrected chi connectivity index (χ1v) is 10.1. The Hall–Kier alpha value is -2.47. The van der Waals surface area contributed by atoms with Crippen LogP contribution in [-0.4, -0.2) is 15.6 Å². The molecule has 2 aromatic carbocycles. The van der Waals surface area contributed by atoms with Crippen molar-refractivity contribution in [2.24, 2.45) is 0 Å². The van der Waals surface area contributed by atoms with Gasteiger partial charge in [0.2, 0.25) is 5.82 Å². The van der Waals surface area contributed by atoms with Crippen LogP contribution in [0, 0.1) is 6.92 Å². The number of carbonyl (C=O) groups is 1. The summed E-state index contributed by atoms with van der Waals surface area (Å²) in [5.74, 6) is 2.27. The van der Waals surface area contributed by atoms with Crippen molar-refractivity contribution in [3.05, 3.63) is 77.4 Å². The fourth-order valence-corrected chi connectivity index (χ4v) is 3.75. The predicted octanol–water partition coefficient (Wildman–Crippen LogP) is 0.704. The highest BCUT2D eigenvalue weighted by atomic mass is 79.9. The average molecular weight is 455 g/mol. The van der Waals surface area contributed by atoms with Crippen molar-refractivity contribution in [1.82, 2.24) is 9.78 Å². The molecule has 0 fully saturated rings. The molecule has 0 spiro atoms. The summed E-state index contributed by atoms with van der Waals surface area (Å²) >= 11 is 0. The number of fused-ring (bicyclic) bond motifs is 1. The summed E-state index contributed by atoms with van der Waals surface area (Å²) in [7, 11) is 0. The molecule has 1 aliphatic heterocycles. The van der Waals surface area contributed by atoms with E-state index in [1.807, 2.05) is 35.0 Å². The molecular formula is C23H27BrN4O. The van der Waals surface area contributed by atoms with Gasteiger partial charge in [0.05, 0.1) is 6.54 Å². The lowest BCUT2D eigenvalue weighted by molar-refractivity contribution is -0.710. The number of nitrogens with one attached hydrogen (secondary N) is 1. The molecule has 0 unspecified atom stereocenters. The standard InChI is InChI=1S/C23H27N4O.BrH/c1-18-11-13-20(14-12-18)24-16-22-25-27(23-10-6-3-7-15-26(22)23)17-21(28)19-8-4-2-5-9-19;/h2,4-5,8-9,11-14,24H,3,6-7,10,15-17H2,1H3;1H/q+1;/p-1. The topological polar surface area (TPSA) is 50.8 Å². The van der Waals surface area contributed by atoms with Crippen LogP contribution < -0.4 is 26.9 Å². The van der Waals surface area contributed by atoms with Crippen molar-refractivity contribution in [3.8, 4) is 0 Å². The van der Waals surface area contributed by atoms with E-state index in [-0.39, 0.29) is 22.8 Å². The molecule has 2 heterocycles. The molecule has 152 valence electrons. The number of rotatable bonds is 6. The van der Waals surface area contributed by atoms with E-state index in [4.69, 9.17) is 5.10 Å². The third-order valence-electron chi connectivity index (χ3n) is 5.33. The molecule has 0 bridgehead atoms. The quantitative estimate of drug-likeness (QED) is 0.440. The molecule has 5 nitrogen and oxygen atoms in total. The van der Waals surface area contributed by atoms with Crippen LogP contribution in [0.3, 0.4) is 0 Å². The summed E-state index contributed by atoms with van der Waals surface area (Å²) in [6.45, 7) is 4.01. The molecule has 3 aromatic rings. The summed E-state index contributed by atoms with van der Waals surface area (Å²) < 4.78 is 4.24. The molecule has 6 heteroatoms. The molecule has 1 aliphatic rings. The highest BCUT2D eigenvalue weighted by molar-refractivity contribution is 5.95. The summed E-state index contributed by atoms with van der Waals surface area (Å²) in [5, 5.41) is 8.30. The lowest BCUT2D eigenvalue weighted by atomic mass is 10.1. The highest BCUT2D eigenvalue weighted by Gasteiger charge is 2.28. The van der Waals surface area contributed by atoms with E-state index in [0.717, 1.165) is 42.9 Å². The van der Waals surface area contributed by atoms with Crippen molar-refractivity contribution in [2.75, 3.05) is 5.32 Å². The Morgan fingerprint density at radius 2 is 1.83 bits per heavy atom. The fourth-order valence-electron chi connectivity index (χ4n) is 3.75. The van der Waals surface area contributed by atoms with Crippen molar-refractivity contribution in [1.29, 1.82) is 0 Å². The van der Waals surface area contributed by atoms with Gasteiger partial charge in [0.1, 0.15) is 6.54 Å². The van der Waals surface area contributed by atoms with Gasteiger partial charge < -0.3 is 22.3 Å². The maximum Gasteiger partial charge on any atom is 0.296 e. The van der Waals surface area contributed by atoms with E-state index < -0.39 is 0 Å². The largest absolute Gasteiger partial charge is 1.00 e. The molecule has 29 heavy (non-hydrogen) atoms. The molecule has 0 amide bonds. The second-order valence-corrected chi connectivity index (χ2v) is 7.46. The summed E-state index contributed by atoms with van der Waals surface area (Å²) in [4.78, 5) is 12.7. The second-order valence-electron chi connectivity index (χ2n) is 7.46. The molecule has 0 aliphatic carbocycles. The number of anilines is 1. The van der Waals surface area contributed by atoms with Crippen LogP contribution in [0.5, 0.6) is 0 Å². The molecule has 1 aromatic heterocycles. The molecule has 0 radical (unpaired) electrons. The molecule has 4 rings (SSSR count). The van der Waals surface area contributed by atoms with Gasteiger partial charge in [-0.25, -0.2) is 4.57 Å². The van der Waals surface area contributed by atoms with Gasteiger partial charge in [0.15, 0.2) is 12.3 Å². The van der Waals surface area contributed by atoms with Gasteiger partial charge in [-0.05, 0) is 38.3 Å². The highest BCUT2D eigenvalue weighted by Crippen LogP contribution is 2.13. The Bertz CT molecular complexity index is 951. The van der Waals surface area contributed by atoms with E-state index in [2.05, 4.69) is 41.1 Å². The zero-order valence-corrected chi connectivity index (χ0v) is 18.4. The Morgan fingerprint density at radius 3 is 2.59 bits per heavy atom. The van der Waals surface area contributed by atoms with Crippen molar-refractivity contribution < 1.29 is 26.3 Å². The summed E-state index contributed by atoms with van der Waals surface area (Å²) in [5.41, 5.74) is 3.07. The van der Waals surface area contributed by atoms with Crippen molar-refractivity contribution in [2.45, 2.75) is 52.2 Å². The predicted molar refractivity (Wildman–Crippen MR) is 109 cm³/mol. The van der Waals surface area contributed by atoms with Crippen LogP contribution in [0.25, 0.3) is 0 Å². The summed E-state index contributed by atoms with van der Waals surface area (Å²) in [6.07, 6.45) is 4.50. The number of halogens is 1. The first-order chi connectivity index (χ1) is 13.7. The fraction of sp³-hybridized carbons (Fsp3) is 0.348. The maximum atomic E-state index is 12.7. The number of hydrogen-bond donors (Lipinski definition) is 1. The smallest absolute Gasteiger partial charge is 0.296 e. The molecular weight excluding hydrogens is 428 g/mol. The van der Waals surface area contributed by atoms with Crippen LogP contribution in [0.4, 0.5) is 5.69 Å². The number of ketones is 1. The van der Waals surface area contributed by atoms with E-state index in [1.54, 1.807) is 0 Å². The monoisotopic (exact) mass is 454 g/mol. The van der Waals surface area contributed by atoms with E-state index in [0.29, 0.717) is 13.1 Å². The van der Waals surface area contributed by atoms with Crippen molar-refractivity contribution in [3.63, 3.8) is 0 Å². The lowest BCUT2D eigenvalue weighted by Gasteiger charge is -2.05. The van der Waals surface area contributed by atoms with Crippen LogP contribution in [0.2, 0.25) is 0 Å². The third-order valence-corrected chi connectivity index (χ3v) is 5.33. The maximum absolute atomic E-state index is 12.7. The lowest BCUT2D eigenvalue weighted by Crippen LogP contribution is -3.00. The number of carbonyl (C=O) groups excluding carboxylic acids is 1. The second kappa shape index (κ2) is 9.83. The van der Waals surface area contributed by atoms with Gasteiger partial charge in [-0.3, -0.25) is 4.79 Å². The average Bonchev–Trinajstić information content (AvgIpc) is 2.89. The Morgan fingerprint density at radius 1 is 1.07 bits per heavy atom. The van der Waals surface area contributed by atoms with Crippen LogP contribution >= 0.6 is 0 Å². The van der Waals surface area contributed by atoms with Crippen LogP contribution in [0.15, 0.2) is 54.6 Å². The number of Topliss-reactive ketones (excluding diaryl/α,β-unsaturated/α-hetero) is 1. The van der Waals surface area contributed by atoms with E-state index in [1.165, 1.54) is 17.8 Å². The Labute approximate surface area is 182 Å². The number of aromatic nitrogens is 3. The molecule has 0 saturated heterocycles. The first kappa shape index (κ1) is 21.2. The normalized spacial score (nSPS) is 13.1. The zero-order valence-electron chi connectivity index (χ0n) is 16.8. The Kier molecular flexibility index (Phi) is 7.20. The molecule has 0 saturated carbocycles. The van der Waals surface area contributed by atoms with Gasteiger partial charge in [0.25, 0.3) is 5.82 Å². The number of aryl methyl sites for hydroxylation is 1.